The van der Waals surface area contributed by atoms with E-state index in [0.717, 1.165) is 10.2 Å². The standard InChI is InChI=1S/C13H9BrClN3/c1-18(12-5-3-2-4-9(12)7-16)13-11(14)6-10(15)8-17-13/h2-6,8H,1H3. The van der Waals surface area contributed by atoms with Gasteiger partial charge in [0.15, 0.2) is 0 Å². The predicted octanol–water partition coefficient (Wildman–Crippen LogP) is 4.14. The molecule has 0 spiro atoms. The molecule has 3 nitrogen and oxygen atoms in total. The van der Waals surface area contributed by atoms with Gasteiger partial charge in [-0.15, -0.1) is 0 Å². The maximum Gasteiger partial charge on any atom is 0.147 e. The molecule has 2 rings (SSSR count). The molecule has 0 aliphatic carbocycles. The molecule has 0 fully saturated rings. The average molecular weight is 323 g/mol. The fraction of sp³-hybridized carbons (Fsp3) is 0.0769. The highest BCUT2D eigenvalue weighted by Crippen LogP contribution is 2.31. The Balaban J connectivity index is 2.48. The van der Waals surface area contributed by atoms with Crippen molar-refractivity contribution in [1.82, 2.24) is 4.98 Å². The highest BCUT2D eigenvalue weighted by Gasteiger charge is 2.12. The van der Waals surface area contributed by atoms with Crippen LogP contribution in [0.3, 0.4) is 0 Å². The van der Waals surface area contributed by atoms with E-state index in [2.05, 4.69) is 27.0 Å². The van der Waals surface area contributed by atoms with Crippen molar-refractivity contribution in [2.24, 2.45) is 0 Å². The molecule has 0 radical (unpaired) electrons. The van der Waals surface area contributed by atoms with Crippen molar-refractivity contribution in [2.45, 2.75) is 0 Å². The van der Waals surface area contributed by atoms with E-state index < -0.39 is 0 Å². The largest absolute Gasteiger partial charge is 0.327 e. The van der Waals surface area contributed by atoms with E-state index in [1.54, 1.807) is 18.3 Å². The number of halogens is 2. The molecule has 2 aromatic rings. The fourth-order valence-corrected chi connectivity index (χ4v) is 2.53. The van der Waals surface area contributed by atoms with E-state index in [-0.39, 0.29) is 0 Å². The molecule has 18 heavy (non-hydrogen) atoms. The Bertz CT molecular complexity index is 622. The lowest BCUT2D eigenvalue weighted by molar-refractivity contribution is 1.11. The summed E-state index contributed by atoms with van der Waals surface area (Å²) in [5, 5.41) is 9.66. The van der Waals surface area contributed by atoms with E-state index in [0.29, 0.717) is 16.4 Å². The lowest BCUT2D eigenvalue weighted by Crippen LogP contribution is -2.13. The molecule has 0 aliphatic heterocycles. The highest BCUT2D eigenvalue weighted by molar-refractivity contribution is 9.10. The number of hydrogen-bond acceptors (Lipinski definition) is 3. The summed E-state index contributed by atoms with van der Waals surface area (Å²) < 4.78 is 0.783. The first-order valence-electron chi connectivity index (χ1n) is 5.17. The first-order chi connectivity index (χ1) is 8.63. The molecule has 0 atom stereocenters. The molecule has 5 heteroatoms. The van der Waals surface area contributed by atoms with Gasteiger partial charge in [0, 0.05) is 13.2 Å². The Morgan fingerprint density at radius 1 is 1.39 bits per heavy atom. The van der Waals surface area contributed by atoms with Crippen LogP contribution >= 0.6 is 27.5 Å². The van der Waals surface area contributed by atoms with Crippen molar-refractivity contribution in [3.05, 3.63) is 51.6 Å². The third kappa shape index (κ3) is 2.47. The number of para-hydroxylation sites is 1. The zero-order valence-corrected chi connectivity index (χ0v) is 11.9. The summed E-state index contributed by atoms with van der Waals surface area (Å²) >= 11 is 9.28. The summed E-state index contributed by atoms with van der Waals surface area (Å²) in [6.45, 7) is 0. The number of aromatic nitrogens is 1. The first kappa shape index (κ1) is 12.9. The van der Waals surface area contributed by atoms with Gasteiger partial charge < -0.3 is 4.90 Å². The smallest absolute Gasteiger partial charge is 0.147 e. The number of nitriles is 1. The van der Waals surface area contributed by atoms with Gasteiger partial charge in [0.05, 0.1) is 20.7 Å². The number of anilines is 2. The second kappa shape index (κ2) is 5.38. The first-order valence-corrected chi connectivity index (χ1v) is 6.34. The summed E-state index contributed by atoms with van der Waals surface area (Å²) in [4.78, 5) is 6.11. The maximum absolute atomic E-state index is 9.10. The Morgan fingerprint density at radius 3 is 2.78 bits per heavy atom. The third-order valence-electron chi connectivity index (χ3n) is 2.49. The molecule has 1 heterocycles. The summed E-state index contributed by atoms with van der Waals surface area (Å²) in [5.41, 5.74) is 1.40. The molecule has 0 aliphatic rings. The van der Waals surface area contributed by atoms with Crippen LogP contribution in [0.4, 0.5) is 11.5 Å². The predicted molar refractivity (Wildman–Crippen MR) is 76.2 cm³/mol. The van der Waals surface area contributed by atoms with E-state index in [9.17, 15) is 0 Å². The highest BCUT2D eigenvalue weighted by atomic mass is 79.9. The van der Waals surface area contributed by atoms with Crippen LogP contribution in [0.1, 0.15) is 5.56 Å². The molecule has 0 saturated carbocycles. The summed E-state index contributed by atoms with van der Waals surface area (Å²) in [6.07, 6.45) is 1.58. The van der Waals surface area contributed by atoms with E-state index >= 15 is 0 Å². The average Bonchev–Trinajstić information content (AvgIpc) is 2.38. The van der Waals surface area contributed by atoms with Crippen LogP contribution in [0.25, 0.3) is 0 Å². The van der Waals surface area contributed by atoms with Gasteiger partial charge in [-0.3, -0.25) is 0 Å². The van der Waals surface area contributed by atoms with Crippen molar-refractivity contribution in [3.63, 3.8) is 0 Å². The summed E-state index contributed by atoms with van der Waals surface area (Å²) in [7, 11) is 1.86. The van der Waals surface area contributed by atoms with Crippen LogP contribution in [0.2, 0.25) is 5.02 Å². The lowest BCUT2D eigenvalue weighted by atomic mass is 10.2. The van der Waals surface area contributed by atoms with Crippen LogP contribution in [0.15, 0.2) is 41.0 Å². The van der Waals surface area contributed by atoms with Gasteiger partial charge in [0.1, 0.15) is 11.9 Å². The molecule has 1 aromatic carbocycles. The minimum Gasteiger partial charge on any atom is -0.327 e. The summed E-state index contributed by atoms with van der Waals surface area (Å²) in [6, 6.07) is 11.3. The van der Waals surface area contributed by atoms with Crippen molar-refractivity contribution in [2.75, 3.05) is 11.9 Å². The number of pyridine rings is 1. The summed E-state index contributed by atoms with van der Waals surface area (Å²) in [5.74, 6) is 0.710. The monoisotopic (exact) mass is 321 g/mol. The Labute approximate surface area is 119 Å². The minimum atomic E-state index is 0.563. The number of hydrogen-bond donors (Lipinski definition) is 0. The van der Waals surface area contributed by atoms with Crippen LogP contribution in [0.5, 0.6) is 0 Å². The maximum atomic E-state index is 9.10. The SMILES string of the molecule is CN(c1ccccc1C#N)c1ncc(Cl)cc1Br. The normalized spacial score (nSPS) is 9.89. The number of rotatable bonds is 2. The third-order valence-corrected chi connectivity index (χ3v) is 3.28. The molecule has 0 unspecified atom stereocenters. The van der Waals surface area contributed by atoms with Crippen LogP contribution in [-0.4, -0.2) is 12.0 Å². The van der Waals surface area contributed by atoms with Crippen LogP contribution in [-0.2, 0) is 0 Å². The molecular weight excluding hydrogens is 314 g/mol. The van der Waals surface area contributed by atoms with Crippen molar-refractivity contribution in [3.8, 4) is 6.07 Å². The van der Waals surface area contributed by atoms with Crippen molar-refractivity contribution < 1.29 is 0 Å². The Kier molecular flexibility index (Phi) is 3.85. The Hall–Kier alpha value is -1.57. The lowest BCUT2D eigenvalue weighted by Gasteiger charge is -2.20. The molecule has 0 bridgehead atoms. The number of benzene rings is 1. The van der Waals surface area contributed by atoms with Gasteiger partial charge in [-0.1, -0.05) is 23.7 Å². The topological polar surface area (TPSA) is 39.9 Å². The van der Waals surface area contributed by atoms with Gasteiger partial charge in [0.25, 0.3) is 0 Å². The van der Waals surface area contributed by atoms with Crippen molar-refractivity contribution in [1.29, 1.82) is 5.26 Å². The second-order valence-corrected chi connectivity index (χ2v) is 4.94. The van der Waals surface area contributed by atoms with Crippen LogP contribution < -0.4 is 4.90 Å². The molecule has 1 aromatic heterocycles. The Morgan fingerprint density at radius 2 is 2.11 bits per heavy atom. The molecular formula is C13H9BrClN3. The van der Waals surface area contributed by atoms with Gasteiger partial charge in [-0.25, -0.2) is 4.98 Å². The van der Waals surface area contributed by atoms with E-state index in [1.165, 1.54) is 0 Å². The number of nitrogens with zero attached hydrogens (tertiary/aromatic N) is 3. The van der Waals surface area contributed by atoms with Gasteiger partial charge in [-0.2, -0.15) is 5.26 Å². The molecule has 90 valence electrons. The zero-order chi connectivity index (χ0) is 13.1. The minimum absolute atomic E-state index is 0.563. The van der Waals surface area contributed by atoms with Gasteiger partial charge in [-0.05, 0) is 34.1 Å². The molecule has 0 N–H and O–H groups in total. The molecule has 0 saturated heterocycles. The van der Waals surface area contributed by atoms with Gasteiger partial charge in [0.2, 0.25) is 0 Å². The molecule has 0 amide bonds. The quantitative estimate of drug-likeness (QED) is 0.834. The second-order valence-electron chi connectivity index (χ2n) is 3.65. The van der Waals surface area contributed by atoms with Crippen LogP contribution in [0, 0.1) is 11.3 Å². The van der Waals surface area contributed by atoms with Gasteiger partial charge >= 0.3 is 0 Å². The van der Waals surface area contributed by atoms with E-state index in [4.69, 9.17) is 16.9 Å². The van der Waals surface area contributed by atoms with Crippen molar-refractivity contribution >= 4 is 39.0 Å². The van der Waals surface area contributed by atoms with E-state index in [1.807, 2.05) is 30.1 Å². The fourth-order valence-electron chi connectivity index (χ4n) is 1.63. The zero-order valence-electron chi connectivity index (χ0n) is 9.56.